The number of benzene rings is 2. The van der Waals surface area contributed by atoms with Gasteiger partial charge in [-0.3, -0.25) is 4.79 Å². The van der Waals surface area contributed by atoms with Crippen LogP contribution in [0.3, 0.4) is 0 Å². The molecule has 88 valence electrons. The summed E-state index contributed by atoms with van der Waals surface area (Å²) in [4.78, 5) is 19.1. The van der Waals surface area contributed by atoms with Gasteiger partial charge in [0.05, 0.1) is 10.9 Å². The number of fused-ring (bicyclic) bond motifs is 1. The molecule has 3 N–H and O–H groups in total. The summed E-state index contributed by atoms with van der Waals surface area (Å²) in [5.41, 5.74) is 7.71. The third-order valence-corrected chi connectivity index (χ3v) is 2.78. The fourth-order valence-electron chi connectivity index (χ4n) is 1.92. The van der Waals surface area contributed by atoms with E-state index in [1.54, 1.807) is 18.2 Å². The fraction of sp³-hybridized carbons (Fsp3) is 0. The SMILES string of the molecule is Nc1cccc(-c2nc(=O)c3ccccc3[nH]2)c1. The Kier molecular flexibility index (Phi) is 2.34. The lowest BCUT2D eigenvalue weighted by atomic mass is 10.1. The number of nitrogens with one attached hydrogen (secondary N) is 1. The minimum atomic E-state index is -0.234. The maximum Gasteiger partial charge on any atom is 0.281 e. The average Bonchev–Trinajstić information content (AvgIpc) is 2.39. The summed E-state index contributed by atoms with van der Waals surface area (Å²) in [7, 11) is 0. The minimum Gasteiger partial charge on any atom is -0.399 e. The van der Waals surface area contributed by atoms with Gasteiger partial charge in [0, 0.05) is 11.3 Å². The van der Waals surface area contributed by atoms with Crippen molar-refractivity contribution in [2.45, 2.75) is 0 Å². The molecule has 0 saturated heterocycles. The number of hydrogen-bond donors (Lipinski definition) is 2. The number of rotatable bonds is 1. The number of nitrogens with zero attached hydrogens (tertiary/aromatic N) is 1. The summed E-state index contributed by atoms with van der Waals surface area (Å²) in [6.07, 6.45) is 0. The molecular weight excluding hydrogens is 226 g/mol. The van der Waals surface area contributed by atoms with E-state index >= 15 is 0 Å². The number of anilines is 1. The molecular formula is C14H11N3O. The fourth-order valence-corrected chi connectivity index (χ4v) is 1.92. The third-order valence-electron chi connectivity index (χ3n) is 2.78. The molecule has 0 saturated carbocycles. The standard InChI is InChI=1S/C14H11N3O/c15-10-5-3-4-9(8-10)13-16-12-7-2-1-6-11(12)14(18)17-13/h1-8H,15H2,(H,16,17,18). The van der Waals surface area contributed by atoms with E-state index in [0.29, 0.717) is 16.9 Å². The first-order valence-corrected chi connectivity index (χ1v) is 5.59. The highest BCUT2D eigenvalue weighted by Crippen LogP contribution is 2.18. The second-order valence-electron chi connectivity index (χ2n) is 4.06. The van der Waals surface area contributed by atoms with Gasteiger partial charge in [0.15, 0.2) is 0 Å². The highest BCUT2D eigenvalue weighted by atomic mass is 16.1. The van der Waals surface area contributed by atoms with Crippen LogP contribution in [0.5, 0.6) is 0 Å². The Balaban J connectivity index is 2.28. The first-order chi connectivity index (χ1) is 8.74. The van der Waals surface area contributed by atoms with Gasteiger partial charge in [-0.15, -0.1) is 0 Å². The molecule has 4 heteroatoms. The molecule has 0 spiro atoms. The van der Waals surface area contributed by atoms with Crippen LogP contribution >= 0.6 is 0 Å². The number of hydrogen-bond acceptors (Lipinski definition) is 3. The van der Waals surface area contributed by atoms with Gasteiger partial charge in [-0.1, -0.05) is 24.3 Å². The topological polar surface area (TPSA) is 71.8 Å². The second kappa shape index (κ2) is 4.00. The Hall–Kier alpha value is -2.62. The van der Waals surface area contributed by atoms with Gasteiger partial charge in [0.1, 0.15) is 5.82 Å². The molecule has 0 fully saturated rings. The van der Waals surface area contributed by atoms with E-state index < -0.39 is 0 Å². The summed E-state index contributed by atoms with van der Waals surface area (Å²) in [5, 5.41) is 0.588. The average molecular weight is 237 g/mol. The van der Waals surface area contributed by atoms with E-state index in [9.17, 15) is 4.79 Å². The van der Waals surface area contributed by atoms with E-state index in [1.807, 2.05) is 30.3 Å². The van der Waals surface area contributed by atoms with Crippen LogP contribution in [0.4, 0.5) is 5.69 Å². The Morgan fingerprint density at radius 2 is 1.89 bits per heavy atom. The van der Waals surface area contributed by atoms with E-state index in [2.05, 4.69) is 9.97 Å². The van der Waals surface area contributed by atoms with Crippen molar-refractivity contribution >= 4 is 16.6 Å². The Labute approximate surface area is 103 Å². The number of nitrogen functional groups attached to an aromatic ring is 1. The molecule has 18 heavy (non-hydrogen) atoms. The van der Waals surface area contributed by atoms with Gasteiger partial charge in [-0.05, 0) is 24.3 Å². The summed E-state index contributed by atoms with van der Waals surface area (Å²) in [6, 6.07) is 14.6. The van der Waals surface area contributed by atoms with Crippen LogP contribution in [0, 0.1) is 0 Å². The lowest BCUT2D eigenvalue weighted by Gasteiger charge is -2.04. The Morgan fingerprint density at radius 3 is 2.72 bits per heavy atom. The van der Waals surface area contributed by atoms with Gasteiger partial charge in [-0.2, -0.15) is 4.98 Å². The van der Waals surface area contributed by atoms with Gasteiger partial charge < -0.3 is 10.7 Å². The van der Waals surface area contributed by atoms with Crippen molar-refractivity contribution in [3.63, 3.8) is 0 Å². The molecule has 0 radical (unpaired) electrons. The van der Waals surface area contributed by atoms with Crippen molar-refractivity contribution in [3.8, 4) is 11.4 Å². The molecule has 2 aromatic carbocycles. The Bertz CT molecular complexity index is 777. The van der Waals surface area contributed by atoms with Crippen LogP contribution in [0.2, 0.25) is 0 Å². The molecule has 0 bridgehead atoms. The van der Waals surface area contributed by atoms with E-state index in [0.717, 1.165) is 11.1 Å². The predicted molar refractivity (Wildman–Crippen MR) is 72.2 cm³/mol. The van der Waals surface area contributed by atoms with Gasteiger partial charge >= 0.3 is 0 Å². The first-order valence-electron chi connectivity index (χ1n) is 5.59. The predicted octanol–water partition coefficient (Wildman–Crippen LogP) is 2.17. The van der Waals surface area contributed by atoms with Crippen molar-refractivity contribution in [1.82, 2.24) is 9.97 Å². The molecule has 3 rings (SSSR count). The number of aromatic nitrogens is 2. The second-order valence-corrected chi connectivity index (χ2v) is 4.06. The highest BCUT2D eigenvalue weighted by Gasteiger charge is 2.05. The van der Waals surface area contributed by atoms with Gasteiger partial charge in [0.2, 0.25) is 0 Å². The smallest absolute Gasteiger partial charge is 0.281 e. The molecule has 1 heterocycles. The van der Waals surface area contributed by atoms with Crippen molar-refractivity contribution in [1.29, 1.82) is 0 Å². The van der Waals surface area contributed by atoms with Crippen LogP contribution < -0.4 is 11.3 Å². The maximum atomic E-state index is 11.9. The summed E-state index contributed by atoms with van der Waals surface area (Å²) >= 11 is 0. The molecule has 3 aromatic rings. The van der Waals surface area contributed by atoms with E-state index in [-0.39, 0.29) is 5.56 Å². The van der Waals surface area contributed by atoms with Crippen LogP contribution in [0.15, 0.2) is 53.3 Å². The van der Waals surface area contributed by atoms with Crippen molar-refractivity contribution in [3.05, 3.63) is 58.9 Å². The highest BCUT2D eigenvalue weighted by molar-refractivity contribution is 5.79. The molecule has 1 aromatic heterocycles. The molecule has 0 aliphatic rings. The zero-order chi connectivity index (χ0) is 12.5. The quantitative estimate of drug-likeness (QED) is 0.637. The monoisotopic (exact) mass is 237 g/mol. The number of H-pyrrole nitrogens is 1. The Morgan fingerprint density at radius 1 is 1.06 bits per heavy atom. The largest absolute Gasteiger partial charge is 0.399 e. The van der Waals surface area contributed by atoms with Gasteiger partial charge in [0.25, 0.3) is 5.56 Å². The summed E-state index contributed by atoms with van der Waals surface area (Å²) in [5.74, 6) is 0.533. The summed E-state index contributed by atoms with van der Waals surface area (Å²) < 4.78 is 0. The molecule has 4 nitrogen and oxygen atoms in total. The molecule has 0 aliphatic heterocycles. The van der Waals surface area contributed by atoms with E-state index in [4.69, 9.17) is 5.73 Å². The van der Waals surface area contributed by atoms with Crippen LogP contribution in [-0.4, -0.2) is 9.97 Å². The number of aromatic amines is 1. The van der Waals surface area contributed by atoms with Crippen LogP contribution in [-0.2, 0) is 0 Å². The zero-order valence-electron chi connectivity index (χ0n) is 9.55. The maximum absolute atomic E-state index is 11.9. The van der Waals surface area contributed by atoms with Crippen LogP contribution in [0.1, 0.15) is 0 Å². The first kappa shape index (κ1) is 10.5. The third kappa shape index (κ3) is 1.73. The lowest BCUT2D eigenvalue weighted by Crippen LogP contribution is -2.09. The minimum absolute atomic E-state index is 0.234. The summed E-state index contributed by atoms with van der Waals surface area (Å²) in [6.45, 7) is 0. The molecule has 0 aliphatic carbocycles. The van der Waals surface area contributed by atoms with Crippen molar-refractivity contribution in [2.24, 2.45) is 0 Å². The molecule has 0 unspecified atom stereocenters. The molecule has 0 atom stereocenters. The van der Waals surface area contributed by atoms with Crippen molar-refractivity contribution in [2.75, 3.05) is 5.73 Å². The molecule has 0 amide bonds. The van der Waals surface area contributed by atoms with E-state index in [1.165, 1.54) is 0 Å². The normalized spacial score (nSPS) is 10.7. The number of nitrogens with two attached hydrogens (primary N) is 1. The van der Waals surface area contributed by atoms with Crippen molar-refractivity contribution < 1.29 is 0 Å². The number of para-hydroxylation sites is 1. The van der Waals surface area contributed by atoms with Crippen LogP contribution in [0.25, 0.3) is 22.3 Å². The zero-order valence-corrected chi connectivity index (χ0v) is 9.55. The lowest BCUT2D eigenvalue weighted by molar-refractivity contribution is 1.18. The van der Waals surface area contributed by atoms with Gasteiger partial charge in [-0.25, -0.2) is 0 Å².